The average molecular weight is 241 g/mol. The Kier molecular flexibility index (Phi) is 5.94. The van der Waals surface area contributed by atoms with Crippen LogP contribution in [-0.4, -0.2) is 25.3 Å². The summed E-state index contributed by atoms with van der Waals surface area (Å²) in [7, 11) is 1.84. The van der Waals surface area contributed by atoms with Crippen LogP contribution < -0.4 is 5.32 Å². The first-order chi connectivity index (χ1) is 8.05. The Bertz CT molecular complexity index is 215. The highest BCUT2D eigenvalue weighted by Gasteiger charge is 2.37. The first kappa shape index (κ1) is 15.0. The second kappa shape index (κ2) is 6.75. The van der Waals surface area contributed by atoms with Gasteiger partial charge < -0.3 is 10.1 Å². The van der Waals surface area contributed by atoms with E-state index >= 15 is 0 Å². The molecule has 0 bridgehead atoms. The lowest BCUT2D eigenvalue weighted by Crippen LogP contribution is -2.53. The van der Waals surface area contributed by atoms with Gasteiger partial charge in [0, 0.05) is 13.2 Å². The molecule has 3 unspecified atom stereocenters. The maximum absolute atomic E-state index is 5.71. The van der Waals surface area contributed by atoms with Crippen molar-refractivity contribution in [3.05, 3.63) is 0 Å². The summed E-state index contributed by atoms with van der Waals surface area (Å²) < 4.78 is 5.71. The summed E-state index contributed by atoms with van der Waals surface area (Å²) >= 11 is 0. The van der Waals surface area contributed by atoms with Crippen molar-refractivity contribution in [3.8, 4) is 0 Å². The average Bonchev–Trinajstić information content (AvgIpc) is 2.35. The maximum atomic E-state index is 5.71. The number of methoxy groups -OCH3 is 1. The van der Waals surface area contributed by atoms with Gasteiger partial charge in [-0.1, -0.05) is 33.1 Å². The molecule has 0 aromatic carbocycles. The van der Waals surface area contributed by atoms with E-state index in [0.717, 1.165) is 18.4 Å². The van der Waals surface area contributed by atoms with E-state index < -0.39 is 0 Å². The SMILES string of the molecule is CCNC(C1CCCC(CC)C1)C(C)(C)OC. The van der Waals surface area contributed by atoms with Crippen molar-refractivity contribution in [2.24, 2.45) is 11.8 Å². The highest BCUT2D eigenvalue weighted by atomic mass is 16.5. The first-order valence-corrected chi connectivity index (χ1v) is 7.33. The molecule has 0 amide bonds. The Hall–Kier alpha value is -0.0800. The molecule has 1 saturated carbocycles. The summed E-state index contributed by atoms with van der Waals surface area (Å²) in [5.41, 5.74) is -0.0592. The summed E-state index contributed by atoms with van der Waals surface area (Å²) in [6.07, 6.45) is 6.90. The molecule has 0 spiro atoms. The molecule has 0 aliphatic heterocycles. The Balaban J connectivity index is 2.69. The van der Waals surface area contributed by atoms with Crippen molar-refractivity contribution in [1.82, 2.24) is 5.32 Å². The second-order valence-corrected chi connectivity index (χ2v) is 6.04. The van der Waals surface area contributed by atoms with Crippen molar-refractivity contribution < 1.29 is 4.74 Å². The minimum Gasteiger partial charge on any atom is -0.377 e. The van der Waals surface area contributed by atoms with Crippen LogP contribution in [0.15, 0.2) is 0 Å². The van der Waals surface area contributed by atoms with Crippen LogP contribution >= 0.6 is 0 Å². The molecule has 1 fully saturated rings. The van der Waals surface area contributed by atoms with E-state index in [1.165, 1.54) is 32.1 Å². The van der Waals surface area contributed by atoms with Crippen LogP contribution in [0.1, 0.15) is 59.8 Å². The first-order valence-electron chi connectivity index (χ1n) is 7.33. The van der Waals surface area contributed by atoms with Crippen LogP contribution in [-0.2, 0) is 4.74 Å². The number of nitrogens with one attached hydrogen (secondary N) is 1. The fraction of sp³-hybridized carbons (Fsp3) is 1.00. The normalized spacial score (nSPS) is 28.1. The molecule has 3 atom stereocenters. The monoisotopic (exact) mass is 241 g/mol. The predicted octanol–water partition coefficient (Wildman–Crippen LogP) is 3.61. The molecule has 102 valence electrons. The third kappa shape index (κ3) is 3.96. The van der Waals surface area contributed by atoms with Crippen LogP contribution in [0.4, 0.5) is 0 Å². The van der Waals surface area contributed by atoms with Gasteiger partial charge in [0.1, 0.15) is 0 Å². The third-order valence-electron chi connectivity index (χ3n) is 4.57. The molecular weight excluding hydrogens is 210 g/mol. The van der Waals surface area contributed by atoms with E-state index in [1.807, 2.05) is 7.11 Å². The van der Waals surface area contributed by atoms with Gasteiger partial charge in [-0.15, -0.1) is 0 Å². The van der Waals surface area contributed by atoms with E-state index in [9.17, 15) is 0 Å². The Morgan fingerprint density at radius 1 is 1.29 bits per heavy atom. The minimum atomic E-state index is -0.0592. The van der Waals surface area contributed by atoms with Crippen LogP contribution in [0.25, 0.3) is 0 Å². The fourth-order valence-corrected chi connectivity index (χ4v) is 3.33. The second-order valence-electron chi connectivity index (χ2n) is 6.04. The van der Waals surface area contributed by atoms with Gasteiger partial charge in [-0.2, -0.15) is 0 Å². The van der Waals surface area contributed by atoms with Crippen molar-refractivity contribution in [3.63, 3.8) is 0 Å². The molecule has 0 radical (unpaired) electrons. The maximum Gasteiger partial charge on any atom is 0.0777 e. The smallest absolute Gasteiger partial charge is 0.0777 e. The van der Waals surface area contributed by atoms with Crippen molar-refractivity contribution in [2.75, 3.05) is 13.7 Å². The minimum absolute atomic E-state index is 0.0592. The topological polar surface area (TPSA) is 21.3 Å². The van der Waals surface area contributed by atoms with Crippen molar-refractivity contribution in [2.45, 2.75) is 71.4 Å². The number of likely N-dealkylation sites (N-methyl/N-ethyl adjacent to an activating group) is 1. The number of hydrogen-bond donors (Lipinski definition) is 1. The zero-order valence-electron chi connectivity index (χ0n) is 12.4. The van der Waals surface area contributed by atoms with E-state index in [1.54, 1.807) is 0 Å². The molecule has 1 rings (SSSR count). The van der Waals surface area contributed by atoms with E-state index in [0.29, 0.717) is 6.04 Å². The van der Waals surface area contributed by atoms with E-state index in [4.69, 9.17) is 4.74 Å². The van der Waals surface area contributed by atoms with Gasteiger partial charge in [-0.05, 0) is 45.1 Å². The molecule has 1 N–H and O–H groups in total. The standard InChI is InChI=1S/C15H31NO/c1-6-12-9-8-10-13(11-12)14(16-7-2)15(3,4)17-5/h12-14,16H,6-11H2,1-5H3. The molecule has 1 aliphatic carbocycles. The van der Waals surface area contributed by atoms with Gasteiger partial charge in [-0.25, -0.2) is 0 Å². The molecule has 17 heavy (non-hydrogen) atoms. The number of ether oxygens (including phenoxy) is 1. The number of rotatable bonds is 6. The zero-order valence-corrected chi connectivity index (χ0v) is 12.4. The molecule has 0 saturated heterocycles. The van der Waals surface area contributed by atoms with E-state index in [2.05, 4.69) is 33.0 Å². The summed E-state index contributed by atoms with van der Waals surface area (Å²) in [6, 6.07) is 0.492. The van der Waals surface area contributed by atoms with Crippen molar-refractivity contribution in [1.29, 1.82) is 0 Å². The Morgan fingerprint density at radius 3 is 2.53 bits per heavy atom. The van der Waals surface area contributed by atoms with Gasteiger partial charge in [0.2, 0.25) is 0 Å². The Morgan fingerprint density at radius 2 is 2.00 bits per heavy atom. The van der Waals surface area contributed by atoms with E-state index in [-0.39, 0.29) is 5.60 Å². The van der Waals surface area contributed by atoms with Gasteiger partial charge in [0.15, 0.2) is 0 Å². The molecule has 0 aromatic rings. The van der Waals surface area contributed by atoms with Gasteiger partial charge in [0.05, 0.1) is 5.60 Å². The summed E-state index contributed by atoms with van der Waals surface area (Å²) in [5, 5.41) is 3.66. The zero-order chi connectivity index (χ0) is 12.9. The Labute approximate surface area is 108 Å². The summed E-state index contributed by atoms with van der Waals surface area (Å²) in [5.74, 6) is 1.71. The molecule has 0 heterocycles. The predicted molar refractivity (Wildman–Crippen MR) is 74.3 cm³/mol. The molecule has 1 aliphatic rings. The van der Waals surface area contributed by atoms with Gasteiger partial charge in [0.25, 0.3) is 0 Å². The van der Waals surface area contributed by atoms with Crippen LogP contribution in [0, 0.1) is 11.8 Å². The lowest BCUT2D eigenvalue weighted by molar-refractivity contribution is -0.0358. The molecule has 0 aromatic heterocycles. The number of hydrogen-bond acceptors (Lipinski definition) is 2. The molecule has 2 heteroatoms. The quantitative estimate of drug-likeness (QED) is 0.767. The molecular formula is C15H31NO. The lowest BCUT2D eigenvalue weighted by Gasteiger charge is -2.42. The van der Waals surface area contributed by atoms with Crippen LogP contribution in [0.2, 0.25) is 0 Å². The third-order valence-corrected chi connectivity index (χ3v) is 4.57. The van der Waals surface area contributed by atoms with Crippen molar-refractivity contribution >= 4 is 0 Å². The highest BCUT2D eigenvalue weighted by molar-refractivity contribution is 4.92. The lowest BCUT2D eigenvalue weighted by atomic mass is 9.73. The highest BCUT2D eigenvalue weighted by Crippen LogP contribution is 2.36. The molecule has 2 nitrogen and oxygen atoms in total. The van der Waals surface area contributed by atoms with Crippen LogP contribution in [0.3, 0.4) is 0 Å². The largest absolute Gasteiger partial charge is 0.377 e. The van der Waals surface area contributed by atoms with Gasteiger partial charge in [-0.3, -0.25) is 0 Å². The summed E-state index contributed by atoms with van der Waals surface area (Å²) in [6.45, 7) is 9.99. The summed E-state index contributed by atoms with van der Waals surface area (Å²) in [4.78, 5) is 0. The fourth-order valence-electron chi connectivity index (χ4n) is 3.33. The van der Waals surface area contributed by atoms with Gasteiger partial charge >= 0.3 is 0 Å². The van der Waals surface area contributed by atoms with Crippen LogP contribution in [0.5, 0.6) is 0 Å².